The standard InChI is InChI=1S/C20H30N4O2S.HI/c1-6-21-20(23-12-10-19-14(2)24-15(3)27-19)22-11-9-16-7-8-17(25-4)18(13-16)26-5;/h7-8,13H,6,9-12H2,1-5H3,(H2,21,22,23);1H. The Morgan fingerprint density at radius 1 is 1.11 bits per heavy atom. The lowest BCUT2D eigenvalue weighted by molar-refractivity contribution is 0.354. The van der Waals surface area contributed by atoms with Gasteiger partial charge in [-0.15, -0.1) is 35.3 Å². The van der Waals surface area contributed by atoms with E-state index in [9.17, 15) is 0 Å². The Labute approximate surface area is 189 Å². The molecule has 28 heavy (non-hydrogen) atoms. The number of rotatable bonds is 9. The number of benzene rings is 1. The maximum atomic E-state index is 5.36. The highest BCUT2D eigenvalue weighted by Crippen LogP contribution is 2.27. The lowest BCUT2D eigenvalue weighted by Gasteiger charge is -2.12. The highest BCUT2D eigenvalue weighted by Gasteiger charge is 2.06. The second-order valence-electron chi connectivity index (χ2n) is 6.12. The van der Waals surface area contributed by atoms with E-state index in [0.29, 0.717) is 0 Å². The third-order valence-corrected chi connectivity index (χ3v) is 5.24. The van der Waals surface area contributed by atoms with Gasteiger partial charge in [0.15, 0.2) is 17.5 Å². The predicted molar refractivity (Wildman–Crippen MR) is 128 cm³/mol. The molecule has 156 valence electrons. The fraction of sp³-hybridized carbons (Fsp3) is 0.500. The largest absolute Gasteiger partial charge is 0.493 e. The van der Waals surface area contributed by atoms with Crippen molar-refractivity contribution in [3.8, 4) is 11.5 Å². The zero-order valence-electron chi connectivity index (χ0n) is 17.3. The molecule has 1 heterocycles. The number of halogens is 1. The Bertz CT molecular complexity index is 765. The van der Waals surface area contributed by atoms with Crippen molar-refractivity contribution in [1.82, 2.24) is 15.6 Å². The Balaban J connectivity index is 0.00000392. The third-order valence-electron chi connectivity index (χ3n) is 4.11. The second-order valence-corrected chi connectivity index (χ2v) is 7.41. The van der Waals surface area contributed by atoms with Crippen LogP contribution in [0.4, 0.5) is 0 Å². The van der Waals surface area contributed by atoms with Gasteiger partial charge in [-0.25, -0.2) is 4.98 Å². The van der Waals surface area contributed by atoms with Gasteiger partial charge in [0.05, 0.1) is 24.9 Å². The molecule has 0 spiro atoms. The van der Waals surface area contributed by atoms with Gasteiger partial charge < -0.3 is 20.1 Å². The van der Waals surface area contributed by atoms with Crippen molar-refractivity contribution in [3.05, 3.63) is 39.3 Å². The Kier molecular flexibility index (Phi) is 11.2. The van der Waals surface area contributed by atoms with E-state index in [2.05, 4.69) is 40.5 Å². The Morgan fingerprint density at radius 3 is 2.46 bits per heavy atom. The van der Waals surface area contributed by atoms with Gasteiger partial charge in [-0.1, -0.05) is 6.07 Å². The van der Waals surface area contributed by atoms with Gasteiger partial charge in [0.25, 0.3) is 0 Å². The number of nitrogens with zero attached hydrogens (tertiary/aromatic N) is 2. The average Bonchev–Trinajstić information content (AvgIpc) is 2.98. The maximum Gasteiger partial charge on any atom is 0.191 e. The summed E-state index contributed by atoms with van der Waals surface area (Å²) in [5.41, 5.74) is 2.31. The van der Waals surface area contributed by atoms with E-state index in [4.69, 9.17) is 9.47 Å². The number of nitrogens with one attached hydrogen (secondary N) is 2. The molecule has 6 nitrogen and oxygen atoms in total. The molecule has 0 radical (unpaired) electrons. The molecule has 0 unspecified atom stereocenters. The van der Waals surface area contributed by atoms with E-state index in [1.54, 1.807) is 25.6 Å². The number of aryl methyl sites for hydroxylation is 2. The zero-order valence-corrected chi connectivity index (χ0v) is 20.4. The van der Waals surface area contributed by atoms with Gasteiger partial charge in [-0.05, 0) is 44.9 Å². The van der Waals surface area contributed by atoms with Gasteiger partial charge in [-0.3, -0.25) is 4.99 Å². The summed E-state index contributed by atoms with van der Waals surface area (Å²) in [6, 6.07) is 6.01. The number of aliphatic imine (C=N–C) groups is 1. The van der Waals surface area contributed by atoms with Crippen molar-refractivity contribution in [3.63, 3.8) is 0 Å². The lowest BCUT2D eigenvalue weighted by atomic mass is 10.1. The first-order chi connectivity index (χ1) is 13.1. The fourth-order valence-corrected chi connectivity index (χ4v) is 3.70. The summed E-state index contributed by atoms with van der Waals surface area (Å²) in [5.74, 6) is 2.35. The highest BCUT2D eigenvalue weighted by molar-refractivity contribution is 14.0. The van der Waals surface area contributed by atoms with Gasteiger partial charge in [-0.2, -0.15) is 0 Å². The summed E-state index contributed by atoms with van der Waals surface area (Å²) in [6.07, 6.45) is 1.79. The first-order valence-corrected chi connectivity index (χ1v) is 10.0. The summed E-state index contributed by atoms with van der Waals surface area (Å²) in [7, 11) is 3.30. The molecule has 0 fully saturated rings. The molecule has 0 aliphatic heterocycles. The van der Waals surface area contributed by atoms with Crippen molar-refractivity contribution in [1.29, 1.82) is 0 Å². The molecule has 0 bridgehead atoms. The quantitative estimate of drug-likeness (QED) is 0.301. The van der Waals surface area contributed by atoms with Crippen LogP contribution in [0.2, 0.25) is 0 Å². The van der Waals surface area contributed by atoms with Crippen LogP contribution < -0.4 is 20.1 Å². The second kappa shape index (κ2) is 12.8. The van der Waals surface area contributed by atoms with Crippen LogP contribution in [0, 0.1) is 13.8 Å². The number of methoxy groups -OCH3 is 2. The number of hydrogen-bond donors (Lipinski definition) is 2. The van der Waals surface area contributed by atoms with E-state index in [1.807, 2.05) is 19.1 Å². The van der Waals surface area contributed by atoms with Crippen molar-refractivity contribution in [2.75, 3.05) is 33.9 Å². The number of ether oxygens (including phenoxy) is 2. The monoisotopic (exact) mass is 518 g/mol. The third kappa shape index (κ3) is 7.46. The molecule has 8 heteroatoms. The summed E-state index contributed by atoms with van der Waals surface area (Å²) in [4.78, 5) is 10.5. The molecular formula is C20H31IN4O2S. The van der Waals surface area contributed by atoms with E-state index in [1.165, 1.54) is 10.4 Å². The number of guanidine groups is 1. The minimum Gasteiger partial charge on any atom is -0.493 e. The van der Waals surface area contributed by atoms with Crippen LogP contribution in [0.5, 0.6) is 11.5 Å². The highest BCUT2D eigenvalue weighted by atomic mass is 127. The number of thiazole rings is 1. The van der Waals surface area contributed by atoms with Gasteiger partial charge in [0.1, 0.15) is 0 Å². The van der Waals surface area contributed by atoms with Crippen molar-refractivity contribution < 1.29 is 9.47 Å². The average molecular weight is 518 g/mol. The van der Waals surface area contributed by atoms with E-state index in [0.717, 1.165) is 60.6 Å². The normalized spacial score (nSPS) is 11.0. The summed E-state index contributed by atoms with van der Waals surface area (Å²) >= 11 is 1.76. The first kappa shape index (κ1) is 24.5. The minimum absolute atomic E-state index is 0. The van der Waals surface area contributed by atoms with Gasteiger partial charge in [0.2, 0.25) is 0 Å². The molecule has 1 aromatic heterocycles. The van der Waals surface area contributed by atoms with Crippen molar-refractivity contribution in [2.24, 2.45) is 4.99 Å². The molecule has 0 saturated carbocycles. The van der Waals surface area contributed by atoms with Crippen LogP contribution in [0.15, 0.2) is 23.2 Å². The smallest absolute Gasteiger partial charge is 0.191 e. The molecule has 2 N–H and O–H groups in total. The van der Waals surface area contributed by atoms with Crippen LogP contribution in [0.25, 0.3) is 0 Å². The summed E-state index contributed by atoms with van der Waals surface area (Å²) in [6.45, 7) is 8.55. The minimum atomic E-state index is 0. The molecular weight excluding hydrogens is 487 g/mol. The van der Waals surface area contributed by atoms with Crippen LogP contribution in [0.1, 0.15) is 28.1 Å². The van der Waals surface area contributed by atoms with E-state index >= 15 is 0 Å². The molecule has 0 amide bonds. The van der Waals surface area contributed by atoms with Crippen molar-refractivity contribution in [2.45, 2.75) is 33.6 Å². The predicted octanol–water partition coefficient (Wildman–Crippen LogP) is 3.74. The Hall–Kier alpha value is -1.55. The molecule has 1 aromatic carbocycles. The van der Waals surface area contributed by atoms with Crippen LogP contribution >= 0.6 is 35.3 Å². The summed E-state index contributed by atoms with van der Waals surface area (Å²) in [5, 5.41) is 7.81. The first-order valence-electron chi connectivity index (χ1n) is 9.23. The van der Waals surface area contributed by atoms with E-state index in [-0.39, 0.29) is 24.0 Å². The van der Waals surface area contributed by atoms with E-state index < -0.39 is 0 Å². The van der Waals surface area contributed by atoms with Gasteiger partial charge in [0, 0.05) is 30.9 Å². The molecule has 0 atom stereocenters. The molecule has 0 aliphatic carbocycles. The lowest BCUT2D eigenvalue weighted by Crippen LogP contribution is -2.38. The van der Waals surface area contributed by atoms with Gasteiger partial charge >= 0.3 is 0 Å². The van der Waals surface area contributed by atoms with Crippen LogP contribution in [0.3, 0.4) is 0 Å². The molecule has 2 rings (SSSR count). The molecule has 0 saturated heterocycles. The maximum absolute atomic E-state index is 5.36. The number of hydrogen-bond acceptors (Lipinski definition) is 5. The Morgan fingerprint density at radius 2 is 1.86 bits per heavy atom. The topological polar surface area (TPSA) is 67.8 Å². The van der Waals surface area contributed by atoms with Crippen LogP contribution in [-0.2, 0) is 12.8 Å². The molecule has 2 aromatic rings. The van der Waals surface area contributed by atoms with Crippen LogP contribution in [-0.4, -0.2) is 44.8 Å². The fourth-order valence-electron chi connectivity index (χ4n) is 2.78. The van der Waals surface area contributed by atoms with Crippen molar-refractivity contribution >= 4 is 41.3 Å². The number of aromatic nitrogens is 1. The summed E-state index contributed by atoms with van der Waals surface area (Å²) < 4.78 is 10.6. The zero-order chi connectivity index (χ0) is 19.6. The molecule has 0 aliphatic rings. The SMILES string of the molecule is CCNC(=NCCc1sc(C)nc1C)NCCc1ccc(OC)c(OC)c1.I.